The average Bonchev–Trinajstić information content (AvgIpc) is 2.82. The molecule has 102 valence electrons. The maximum absolute atomic E-state index is 12.2. The van der Waals surface area contributed by atoms with Gasteiger partial charge in [0, 0.05) is 5.39 Å². The van der Waals surface area contributed by atoms with Crippen LogP contribution >= 0.6 is 15.9 Å². The molecule has 1 heterocycles. The predicted molar refractivity (Wildman–Crippen MR) is 76.3 cm³/mol. The van der Waals surface area contributed by atoms with Crippen molar-refractivity contribution < 1.29 is 19.1 Å². The summed E-state index contributed by atoms with van der Waals surface area (Å²) in [5.74, 6) is 0.637. The van der Waals surface area contributed by atoms with Crippen LogP contribution in [0.15, 0.2) is 33.2 Å². The highest BCUT2D eigenvalue weighted by atomic mass is 79.9. The molecule has 5 nitrogen and oxygen atoms in total. The normalized spacial score (nSPS) is 10.2. The first-order valence-electron chi connectivity index (χ1n) is 5.65. The van der Waals surface area contributed by atoms with Crippen LogP contribution in [0.3, 0.4) is 0 Å². The zero-order valence-electron chi connectivity index (χ0n) is 10.3. The smallest absolute Gasteiger partial charge is 0.323 e. The van der Waals surface area contributed by atoms with Crippen molar-refractivity contribution in [1.82, 2.24) is 4.90 Å². The summed E-state index contributed by atoms with van der Waals surface area (Å²) >= 11 is 3.32. The van der Waals surface area contributed by atoms with E-state index in [0.717, 1.165) is 14.8 Å². The number of hydrogen-bond donors (Lipinski definition) is 1. The largest absolute Gasteiger partial charge is 0.480 e. The van der Waals surface area contributed by atoms with Crippen molar-refractivity contribution in [3.05, 3.63) is 34.5 Å². The van der Waals surface area contributed by atoms with Crippen molar-refractivity contribution >= 4 is 38.8 Å². The van der Waals surface area contributed by atoms with E-state index >= 15 is 0 Å². The number of halogens is 1. The van der Waals surface area contributed by atoms with E-state index in [2.05, 4.69) is 21.9 Å². The third-order valence-electron chi connectivity index (χ3n) is 2.60. The van der Waals surface area contributed by atoms with Crippen molar-refractivity contribution in [3.63, 3.8) is 0 Å². The molecule has 20 heavy (non-hydrogen) atoms. The number of fused-ring (bicyclic) bond motifs is 1. The predicted octanol–water partition coefficient (Wildman–Crippen LogP) is 2.36. The molecule has 0 saturated heterocycles. The molecule has 1 N–H and O–H groups in total. The molecule has 2 aromatic rings. The lowest BCUT2D eigenvalue weighted by Crippen LogP contribution is -2.35. The van der Waals surface area contributed by atoms with Gasteiger partial charge in [-0.2, -0.15) is 0 Å². The van der Waals surface area contributed by atoms with Crippen LogP contribution in [0.5, 0.6) is 0 Å². The zero-order chi connectivity index (χ0) is 14.7. The number of hydrogen-bond acceptors (Lipinski definition) is 3. The number of terminal acetylenes is 1. The second-order valence-electron chi connectivity index (χ2n) is 4.03. The van der Waals surface area contributed by atoms with Crippen molar-refractivity contribution in [2.75, 3.05) is 13.1 Å². The van der Waals surface area contributed by atoms with Crippen LogP contribution < -0.4 is 0 Å². The lowest BCUT2D eigenvalue weighted by Gasteiger charge is -2.15. The maximum Gasteiger partial charge on any atom is 0.323 e. The summed E-state index contributed by atoms with van der Waals surface area (Å²) in [6, 6.07) is 6.96. The summed E-state index contributed by atoms with van der Waals surface area (Å²) in [6.07, 6.45) is 5.15. The summed E-state index contributed by atoms with van der Waals surface area (Å²) in [5.41, 5.74) is 0.534. The fourth-order valence-electron chi connectivity index (χ4n) is 1.76. The first kappa shape index (κ1) is 14.2. The Bertz CT molecular complexity index is 714. The highest BCUT2D eigenvalue weighted by Crippen LogP contribution is 2.27. The molecule has 0 aliphatic rings. The Kier molecular flexibility index (Phi) is 4.11. The standard InChI is InChI=1S/C14H10BrNO4/c1-2-6-16(8-12(17)18)14(19)11-7-9-4-3-5-10(15)13(9)20-11/h1,3-5,7H,6,8H2,(H,17,18). The monoisotopic (exact) mass is 335 g/mol. The Morgan fingerprint density at radius 1 is 1.45 bits per heavy atom. The van der Waals surface area contributed by atoms with Crippen LogP contribution in [-0.4, -0.2) is 35.0 Å². The van der Waals surface area contributed by atoms with Crippen LogP contribution in [0.25, 0.3) is 11.0 Å². The number of benzene rings is 1. The number of amides is 1. The van der Waals surface area contributed by atoms with E-state index < -0.39 is 18.4 Å². The minimum absolute atomic E-state index is 0.0587. The number of para-hydroxylation sites is 1. The molecule has 0 atom stereocenters. The van der Waals surface area contributed by atoms with E-state index in [0.29, 0.717) is 5.58 Å². The van der Waals surface area contributed by atoms with Crippen LogP contribution in [0, 0.1) is 12.3 Å². The van der Waals surface area contributed by atoms with E-state index in [-0.39, 0.29) is 12.3 Å². The number of carbonyl (C=O) groups is 2. The number of rotatable bonds is 4. The van der Waals surface area contributed by atoms with Crippen molar-refractivity contribution in [1.29, 1.82) is 0 Å². The van der Waals surface area contributed by atoms with E-state index in [9.17, 15) is 9.59 Å². The summed E-state index contributed by atoms with van der Waals surface area (Å²) in [7, 11) is 0. The quantitative estimate of drug-likeness (QED) is 0.870. The van der Waals surface area contributed by atoms with Gasteiger partial charge in [-0.05, 0) is 28.1 Å². The lowest BCUT2D eigenvalue weighted by atomic mass is 10.2. The Labute approximate surface area is 123 Å². The van der Waals surface area contributed by atoms with Gasteiger partial charge in [-0.25, -0.2) is 0 Å². The third kappa shape index (κ3) is 2.83. The summed E-state index contributed by atoms with van der Waals surface area (Å²) in [4.78, 5) is 24.0. The van der Waals surface area contributed by atoms with Gasteiger partial charge in [-0.3, -0.25) is 9.59 Å². The summed E-state index contributed by atoms with van der Waals surface area (Å²) in [5, 5.41) is 9.54. The molecule has 0 aliphatic heterocycles. The summed E-state index contributed by atoms with van der Waals surface area (Å²) in [6.45, 7) is -0.565. The van der Waals surface area contributed by atoms with Gasteiger partial charge in [-0.1, -0.05) is 18.1 Å². The number of nitrogens with zero attached hydrogens (tertiary/aromatic N) is 1. The number of furan rings is 1. The SMILES string of the molecule is C#CCN(CC(=O)O)C(=O)c1cc2cccc(Br)c2o1. The minimum Gasteiger partial charge on any atom is -0.480 e. The van der Waals surface area contributed by atoms with Crippen LogP contribution in [0.1, 0.15) is 10.6 Å². The Morgan fingerprint density at radius 2 is 2.20 bits per heavy atom. The second-order valence-corrected chi connectivity index (χ2v) is 4.88. The molecule has 1 aromatic carbocycles. The molecule has 1 aromatic heterocycles. The molecule has 0 bridgehead atoms. The van der Waals surface area contributed by atoms with Gasteiger partial charge in [0.15, 0.2) is 5.76 Å². The van der Waals surface area contributed by atoms with Crippen molar-refractivity contribution in [3.8, 4) is 12.3 Å². The van der Waals surface area contributed by atoms with Crippen LogP contribution in [-0.2, 0) is 4.79 Å². The molecule has 0 aliphatic carbocycles. The molecular weight excluding hydrogens is 326 g/mol. The zero-order valence-corrected chi connectivity index (χ0v) is 11.9. The van der Waals surface area contributed by atoms with Gasteiger partial charge >= 0.3 is 5.97 Å². The molecule has 2 rings (SSSR count). The van der Waals surface area contributed by atoms with Gasteiger partial charge in [0.2, 0.25) is 0 Å². The highest BCUT2D eigenvalue weighted by Gasteiger charge is 2.21. The molecule has 0 radical (unpaired) electrons. The van der Waals surface area contributed by atoms with Gasteiger partial charge in [0.05, 0.1) is 11.0 Å². The fourth-order valence-corrected chi connectivity index (χ4v) is 2.22. The number of carbonyl (C=O) groups excluding carboxylic acids is 1. The lowest BCUT2D eigenvalue weighted by molar-refractivity contribution is -0.137. The first-order chi connectivity index (χ1) is 9.52. The van der Waals surface area contributed by atoms with Gasteiger partial charge in [0.1, 0.15) is 12.1 Å². The number of carboxylic acid groups (broad SMARTS) is 1. The Hall–Kier alpha value is -2.26. The third-order valence-corrected chi connectivity index (χ3v) is 3.23. The topological polar surface area (TPSA) is 70.8 Å². The number of carboxylic acids is 1. The Morgan fingerprint density at radius 3 is 2.80 bits per heavy atom. The molecule has 6 heteroatoms. The second kappa shape index (κ2) is 5.80. The van der Waals surface area contributed by atoms with E-state index in [4.69, 9.17) is 15.9 Å². The highest BCUT2D eigenvalue weighted by molar-refractivity contribution is 9.10. The first-order valence-corrected chi connectivity index (χ1v) is 6.45. The van der Waals surface area contributed by atoms with Gasteiger partial charge in [0.25, 0.3) is 5.91 Å². The molecule has 0 spiro atoms. The minimum atomic E-state index is -1.13. The van der Waals surface area contributed by atoms with Crippen molar-refractivity contribution in [2.45, 2.75) is 0 Å². The molecule has 0 fully saturated rings. The van der Waals surface area contributed by atoms with Crippen LogP contribution in [0.2, 0.25) is 0 Å². The molecule has 0 unspecified atom stereocenters. The van der Waals surface area contributed by atoms with E-state index in [1.807, 2.05) is 6.07 Å². The molecular formula is C14H10BrNO4. The van der Waals surface area contributed by atoms with Crippen LogP contribution in [0.4, 0.5) is 0 Å². The van der Waals surface area contributed by atoms with E-state index in [1.165, 1.54) is 0 Å². The number of aliphatic carboxylic acids is 1. The Balaban J connectivity index is 2.36. The molecule has 1 amide bonds. The average molecular weight is 336 g/mol. The summed E-state index contributed by atoms with van der Waals surface area (Å²) < 4.78 is 6.19. The van der Waals surface area contributed by atoms with Crippen molar-refractivity contribution in [2.24, 2.45) is 0 Å². The fraction of sp³-hybridized carbons (Fsp3) is 0.143. The molecule has 0 saturated carbocycles. The van der Waals surface area contributed by atoms with E-state index in [1.54, 1.807) is 18.2 Å². The van der Waals surface area contributed by atoms with Gasteiger partial charge in [-0.15, -0.1) is 6.42 Å². The maximum atomic E-state index is 12.2. The van der Waals surface area contributed by atoms with Gasteiger partial charge < -0.3 is 14.4 Å².